The molecular weight excluding hydrogens is 422 g/mol. The summed E-state index contributed by atoms with van der Waals surface area (Å²) in [5.41, 5.74) is 1.49. The highest BCUT2D eigenvalue weighted by Crippen LogP contribution is 2.33. The van der Waals surface area contributed by atoms with Crippen LogP contribution in [0, 0.1) is 5.92 Å². The molecule has 8 heteroatoms. The van der Waals surface area contributed by atoms with Gasteiger partial charge < -0.3 is 14.4 Å². The summed E-state index contributed by atoms with van der Waals surface area (Å²) in [7, 11) is 1.80. The largest absolute Gasteiger partial charge is 0.492 e. The number of benzene rings is 1. The quantitative estimate of drug-likeness (QED) is 0.634. The van der Waals surface area contributed by atoms with Gasteiger partial charge in [0, 0.05) is 38.2 Å². The maximum atomic E-state index is 12.9. The number of amides is 3. The number of likely N-dealkylation sites (tertiary alicyclic amines) is 1. The van der Waals surface area contributed by atoms with Crippen LogP contribution in [0.25, 0.3) is 0 Å². The number of imide groups is 1. The number of hydrogen-bond donors (Lipinski definition) is 1. The summed E-state index contributed by atoms with van der Waals surface area (Å²) < 4.78 is 11.6. The first kappa shape index (κ1) is 22.3. The number of fused-ring (bicyclic) bond motifs is 1. The van der Waals surface area contributed by atoms with Gasteiger partial charge in [-0.25, -0.2) is 0 Å². The van der Waals surface area contributed by atoms with Crippen molar-refractivity contribution >= 4 is 17.7 Å². The van der Waals surface area contributed by atoms with Crippen LogP contribution < -0.4 is 10.1 Å². The molecule has 0 aromatic heterocycles. The van der Waals surface area contributed by atoms with Gasteiger partial charge in [0.25, 0.3) is 5.91 Å². The second-order valence-corrected chi connectivity index (χ2v) is 9.87. The van der Waals surface area contributed by atoms with Crippen molar-refractivity contribution in [1.82, 2.24) is 15.1 Å². The number of carbonyl (C=O) groups is 3. The zero-order valence-electron chi connectivity index (χ0n) is 19.3. The second-order valence-electron chi connectivity index (χ2n) is 9.87. The van der Waals surface area contributed by atoms with E-state index in [4.69, 9.17) is 9.47 Å². The number of ether oxygens (including phenoxy) is 2. The molecule has 1 aromatic carbocycles. The molecule has 8 nitrogen and oxygen atoms in total. The first-order valence-electron chi connectivity index (χ1n) is 12.2. The van der Waals surface area contributed by atoms with Crippen LogP contribution in [-0.2, 0) is 20.9 Å². The molecule has 1 aromatic rings. The third-order valence-electron chi connectivity index (χ3n) is 7.70. The van der Waals surface area contributed by atoms with Gasteiger partial charge >= 0.3 is 0 Å². The molecule has 2 atom stereocenters. The molecule has 0 spiro atoms. The van der Waals surface area contributed by atoms with Crippen LogP contribution in [-0.4, -0.2) is 72.5 Å². The minimum Gasteiger partial charge on any atom is -0.492 e. The molecule has 3 heterocycles. The topological polar surface area (TPSA) is 88.2 Å². The van der Waals surface area contributed by atoms with Gasteiger partial charge in [-0.05, 0) is 68.3 Å². The van der Waals surface area contributed by atoms with E-state index in [1.54, 1.807) is 18.1 Å². The van der Waals surface area contributed by atoms with Gasteiger partial charge in [0.2, 0.25) is 11.8 Å². The Morgan fingerprint density at radius 3 is 2.76 bits per heavy atom. The van der Waals surface area contributed by atoms with Crippen molar-refractivity contribution in [1.29, 1.82) is 0 Å². The van der Waals surface area contributed by atoms with Crippen LogP contribution in [0.15, 0.2) is 18.2 Å². The van der Waals surface area contributed by atoms with E-state index in [0.29, 0.717) is 37.3 Å². The standard InChI is InChI=1S/C25H33N3O5/c1-32-20-10-16(11-20)13-27-9-3-2-4-18(27)15-33-19-5-6-21-17(12-19)14-28(25(21)31)22-7-8-23(29)26-24(22)30/h5-6,12,16,18,20,22H,2-4,7-11,13-15H2,1H3,(H,26,29,30)/t16?,18-,20?,22-/m1/s1. The molecule has 0 unspecified atom stereocenters. The molecule has 3 amide bonds. The van der Waals surface area contributed by atoms with Crippen molar-refractivity contribution in [3.63, 3.8) is 0 Å². The van der Waals surface area contributed by atoms with Crippen LogP contribution in [0.5, 0.6) is 5.75 Å². The number of nitrogens with zero attached hydrogens (tertiary/aromatic N) is 2. The van der Waals surface area contributed by atoms with Crippen molar-refractivity contribution in [2.75, 3.05) is 26.8 Å². The lowest BCUT2D eigenvalue weighted by Crippen LogP contribution is -2.52. The predicted molar refractivity (Wildman–Crippen MR) is 121 cm³/mol. The van der Waals surface area contributed by atoms with Crippen molar-refractivity contribution in [3.8, 4) is 5.75 Å². The van der Waals surface area contributed by atoms with Gasteiger partial charge in [-0.2, -0.15) is 0 Å². The highest BCUT2D eigenvalue weighted by atomic mass is 16.5. The zero-order valence-corrected chi connectivity index (χ0v) is 19.3. The summed E-state index contributed by atoms with van der Waals surface area (Å²) >= 11 is 0. The molecular formula is C25H33N3O5. The van der Waals surface area contributed by atoms with Crippen LogP contribution in [0.2, 0.25) is 0 Å². The summed E-state index contributed by atoms with van der Waals surface area (Å²) in [6.45, 7) is 3.26. The summed E-state index contributed by atoms with van der Waals surface area (Å²) in [6, 6.07) is 5.41. The van der Waals surface area contributed by atoms with Crippen molar-refractivity contribution < 1.29 is 23.9 Å². The Labute approximate surface area is 194 Å². The average molecular weight is 456 g/mol. The SMILES string of the molecule is COC1CC(CN2CCCC[C@@H]2COc2ccc3c(c2)CN([C@@H]2CCC(=O)NC2=O)C3=O)C1. The second kappa shape index (κ2) is 9.43. The van der Waals surface area contributed by atoms with Crippen LogP contribution >= 0.6 is 0 Å². The van der Waals surface area contributed by atoms with Gasteiger partial charge in [0.15, 0.2) is 0 Å². The van der Waals surface area contributed by atoms with Crippen LogP contribution in [0.4, 0.5) is 0 Å². The summed E-state index contributed by atoms with van der Waals surface area (Å²) in [4.78, 5) is 40.7. The Bertz CT molecular complexity index is 929. The van der Waals surface area contributed by atoms with E-state index in [9.17, 15) is 14.4 Å². The lowest BCUT2D eigenvalue weighted by Gasteiger charge is -2.42. The molecule has 33 heavy (non-hydrogen) atoms. The summed E-state index contributed by atoms with van der Waals surface area (Å²) in [5, 5.41) is 2.35. The first-order valence-corrected chi connectivity index (χ1v) is 12.2. The number of methoxy groups -OCH3 is 1. The lowest BCUT2D eigenvalue weighted by atomic mass is 9.81. The molecule has 1 saturated carbocycles. The zero-order chi connectivity index (χ0) is 22.9. The van der Waals surface area contributed by atoms with Gasteiger partial charge in [0.1, 0.15) is 18.4 Å². The maximum absolute atomic E-state index is 12.9. The van der Waals surface area contributed by atoms with E-state index < -0.39 is 6.04 Å². The molecule has 1 N–H and O–H groups in total. The smallest absolute Gasteiger partial charge is 0.255 e. The fourth-order valence-electron chi connectivity index (χ4n) is 5.67. The average Bonchev–Trinajstić information content (AvgIpc) is 3.10. The number of nitrogens with one attached hydrogen (secondary N) is 1. The Morgan fingerprint density at radius 2 is 1.97 bits per heavy atom. The number of carbonyl (C=O) groups excluding carboxylic acids is 3. The summed E-state index contributed by atoms with van der Waals surface area (Å²) in [5.74, 6) is 0.674. The van der Waals surface area contributed by atoms with Gasteiger partial charge in [0.05, 0.1) is 6.10 Å². The molecule has 0 radical (unpaired) electrons. The maximum Gasteiger partial charge on any atom is 0.255 e. The third-order valence-corrected chi connectivity index (χ3v) is 7.70. The number of hydrogen-bond acceptors (Lipinski definition) is 6. The lowest BCUT2D eigenvalue weighted by molar-refractivity contribution is -0.136. The molecule has 1 aliphatic carbocycles. The fraction of sp³-hybridized carbons (Fsp3) is 0.640. The fourth-order valence-corrected chi connectivity index (χ4v) is 5.67. The Kier molecular flexibility index (Phi) is 6.38. The predicted octanol–water partition coefficient (Wildman–Crippen LogP) is 2.11. The monoisotopic (exact) mass is 455 g/mol. The number of piperidine rings is 2. The van der Waals surface area contributed by atoms with E-state index in [1.807, 2.05) is 12.1 Å². The van der Waals surface area contributed by atoms with E-state index >= 15 is 0 Å². The third kappa shape index (κ3) is 4.64. The van der Waals surface area contributed by atoms with E-state index in [-0.39, 0.29) is 24.1 Å². The Morgan fingerprint density at radius 1 is 1.12 bits per heavy atom. The van der Waals surface area contributed by atoms with Crippen LogP contribution in [0.3, 0.4) is 0 Å². The van der Waals surface area contributed by atoms with Crippen molar-refractivity contribution in [3.05, 3.63) is 29.3 Å². The summed E-state index contributed by atoms with van der Waals surface area (Å²) in [6.07, 6.45) is 7.00. The van der Waals surface area contributed by atoms with Crippen molar-refractivity contribution in [2.24, 2.45) is 5.92 Å². The highest BCUT2D eigenvalue weighted by Gasteiger charge is 2.39. The molecule has 5 rings (SSSR count). The molecule has 4 aliphatic rings. The molecule has 178 valence electrons. The minimum atomic E-state index is -0.591. The molecule has 0 bridgehead atoms. The van der Waals surface area contributed by atoms with E-state index in [1.165, 1.54) is 12.8 Å². The molecule has 3 fully saturated rings. The normalized spacial score (nSPS) is 30.1. The van der Waals surface area contributed by atoms with E-state index in [0.717, 1.165) is 49.6 Å². The van der Waals surface area contributed by atoms with Crippen molar-refractivity contribution in [2.45, 2.75) is 69.7 Å². The van der Waals surface area contributed by atoms with Gasteiger partial charge in [-0.3, -0.25) is 24.6 Å². The highest BCUT2D eigenvalue weighted by molar-refractivity contribution is 6.05. The minimum absolute atomic E-state index is 0.153. The Hall–Kier alpha value is -2.45. The molecule has 2 saturated heterocycles. The Balaban J connectivity index is 1.19. The van der Waals surface area contributed by atoms with Gasteiger partial charge in [-0.1, -0.05) is 6.42 Å². The number of rotatable bonds is 7. The van der Waals surface area contributed by atoms with E-state index in [2.05, 4.69) is 10.2 Å². The first-order chi connectivity index (χ1) is 16.0. The molecule has 3 aliphatic heterocycles. The van der Waals surface area contributed by atoms with Crippen LogP contribution in [0.1, 0.15) is 60.9 Å². The van der Waals surface area contributed by atoms with Gasteiger partial charge in [-0.15, -0.1) is 0 Å².